The lowest BCUT2D eigenvalue weighted by Crippen LogP contribution is -2.48. The summed E-state index contributed by atoms with van der Waals surface area (Å²) in [6.45, 7) is 5.22. The Balaban J connectivity index is 1.82. The van der Waals surface area contributed by atoms with E-state index in [0.29, 0.717) is 19.2 Å². The fourth-order valence-corrected chi connectivity index (χ4v) is 5.27. The minimum absolute atomic E-state index is 0.169. The van der Waals surface area contributed by atoms with Gasteiger partial charge in [0.05, 0.1) is 10.6 Å². The molecule has 2 aromatic carbocycles. The van der Waals surface area contributed by atoms with Crippen LogP contribution in [0.15, 0.2) is 41.3 Å². The molecule has 1 heterocycles. The molecule has 2 aromatic rings. The molecule has 0 aliphatic carbocycles. The molecule has 0 unspecified atom stereocenters. The van der Waals surface area contributed by atoms with Crippen molar-refractivity contribution >= 4 is 27.3 Å². The van der Waals surface area contributed by atoms with Crippen LogP contribution in [0.25, 0.3) is 0 Å². The van der Waals surface area contributed by atoms with Gasteiger partial charge in [0.15, 0.2) is 0 Å². The van der Waals surface area contributed by atoms with Gasteiger partial charge in [-0.1, -0.05) is 29.3 Å². The fourth-order valence-electron chi connectivity index (χ4n) is 3.35. The second-order valence-electron chi connectivity index (χ2n) is 6.82. The van der Waals surface area contributed by atoms with E-state index in [2.05, 4.69) is 11.0 Å². The third kappa shape index (κ3) is 4.14. The summed E-state index contributed by atoms with van der Waals surface area (Å²) in [6.07, 6.45) is -4.64. The summed E-state index contributed by atoms with van der Waals surface area (Å²) >= 11 is 5.93. The summed E-state index contributed by atoms with van der Waals surface area (Å²) in [6, 6.07) is 8.41. The third-order valence-electron chi connectivity index (χ3n) is 4.81. The predicted molar refractivity (Wildman–Crippen MR) is 103 cm³/mol. The number of anilines is 1. The van der Waals surface area contributed by atoms with Crippen LogP contribution in [0.1, 0.15) is 16.7 Å². The van der Waals surface area contributed by atoms with Crippen LogP contribution in [0.2, 0.25) is 5.02 Å². The molecule has 9 heteroatoms. The highest BCUT2D eigenvalue weighted by Gasteiger charge is 2.35. The second kappa shape index (κ2) is 7.57. The van der Waals surface area contributed by atoms with Gasteiger partial charge >= 0.3 is 6.18 Å². The van der Waals surface area contributed by atoms with Crippen molar-refractivity contribution in [2.45, 2.75) is 24.9 Å². The monoisotopic (exact) mass is 432 g/mol. The van der Waals surface area contributed by atoms with Gasteiger partial charge in [0.1, 0.15) is 4.90 Å². The number of halogens is 4. The number of alkyl halides is 3. The zero-order valence-electron chi connectivity index (χ0n) is 15.4. The number of benzene rings is 2. The maximum Gasteiger partial charge on any atom is 0.416 e. The molecule has 28 heavy (non-hydrogen) atoms. The number of piperazine rings is 1. The average molecular weight is 433 g/mol. The van der Waals surface area contributed by atoms with Gasteiger partial charge in [-0.15, -0.1) is 0 Å². The smallest absolute Gasteiger partial charge is 0.369 e. The normalized spacial score (nSPS) is 16.4. The zero-order chi connectivity index (χ0) is 20.7. The Labute approximate surface area is 167 Å². The molecule has 1 saturated heterocycles. The maximum atomic E-state index is 13.0. The van der Waals surface area contributed by atoms with E-state index in [1.165, 1.54) is 4.31 Å². The van der Waals surface area contributed by atoms with Crippen LogP contribution in [0.4, 0.5) is 18.9 Å². The highest BCUT2D eigenvalue weighted by atomic mass is 35.5. The van der Waals surface area contributed by atoms with Gasteiger partial charge in [-0.3, -0.25) is 0 Å². The van der Waals surface area contributed by atoms with E-state index in [4.69, 9.17) is 11.6 Å². The highest BCUT2D eigenvalue weighted by molar-refractivity contribution is 7.89. The Kier molecular flexibility index (Phi) is 5.67. The Bertz CT molecular complexity index is 985. The topological polar surface area (TPSA) is 40.6 Å². The summed E-state index contributed by atoms with van der Waals surface area (Å²) < 4.78 is 65.9. The largest absolute Gasteiger partial charge is 0.416 e. The first-order valence-corrected chi connectivity index (χ1v) is 10.5. The summed E-state index contributed by atoms with van der Waals surface area (Å²) in [4.78, 5) is 1.57. The van der Waals surface area contributed by atoms with Crippen LogP contribution in [0.5, 0.6) is 0 Å². The number of hydrogen-bond donors (Lipinski definition) is 0. The van der Waals surface area contributed by atoms with Crippen molar-refractivity contribution in [2.75, 3.05) is 31.1 Å². The minimum Gasteiger partial charge on any atom is -0.369 e. The number of nitrogens with zero attached hydrogens (tertiary/aromatic N) is 2. The van der Waals surface area contributed by atoms with Gasteiger partial charge < -0.3 is 4.90 Å². The average Bonchev–Trinajstić information content (AvgIpc) is 2.61. The van der Waals surface area contributed by atoms with Crippen molar-refractivity contribution in [3.63, 3.8) is 0 Å². The molecule has 0 bridgehead atoms. The predicted octanol–water partition coefficient (Wildman–Crippen LogP) is 4.49. The molecule has 0 aromatic heterocycles. The zero-order valence-corrected chi connectivity index (χ0v) is 17.0. The first-order valence-electron chi connectivity index (χ1n) is 8.69. The molecule has 0 N–H and O–H groups in total. The lowest BCUT2D eigenvalue weighted by Gasteiger charge is -2.36. The Morgan fingerprint density at radius 2 is 1.61 bits per heavy atom. The summed E-state index contributed by atoms with van der Waals surface area (Å²) in [5, 5.41) is -0.218. The molecule has 1 aliphatic heterocycles. The van der Waals surface area contributed by atoms with E-state index in [0.717, 1.165) is 28.9 Å². The number of rotatable bonds is 3. The van der Waals surface area contributed by atoms with E-state index in [1.54, 1.807) is 0 Å². The van der Waals surface area contributed by atoms with E-state index >= 15 is 0 Å². The molecule has 3 rings (SSSR count). The van der Waals surface area contributed by atoms with Gasteiger partial charge in [0.25, 0.3) is 0 Å². The minimum atomic E-state index is -4.64. The third-order valence-corrected chi connectivity index (χ3v) is 7.19. The second-order valence-corrected chi connectivity index (χ2v) is 9.14. The summed E-state index contributed by atoms with van der Waals surface area (Å²) in [5.74, 6) is 0. The van der Waals surface area contributed by atoms with Crippen LogP contribution < -0.4 is 4.90 Å². The molecule has 0 spiro atoms. The van der Waals surface area contributed by atoms with E-state index in [9.17, 15) is 21.6 Å². The van der Waals surface area contributed by atoms with Crippen molar-refractivity contribution < 1.29 is 21.6 Å². The summed E-state index contributed by atoms with van der Waals surface area (Å²) in [5.41, 5.74) is 2.23. The van der Waals surface area contributed by atoms with E-state index < -0.39 is 26.7 Å². The van der Waals surface area contributed by atoms with Crippen LogP contribution in [-0.4, -0.2) is 38.9 Å². The Hall–Kier alpha value is -1.77. The quantitative estimate of drug-likeness (QED) is 0.717. The molecular formula is C19H20ClF3N2O2S. The Morgan fingerprint density at radius 3 is 2.18 bits per heavy atom. The number of aryl methyl sites for hydroxylation is 2. The van der Waals surface area contributed by atoms with Crippen molar-refractivity contribution in [3.8, 4) is 0 Å². The molecule has 0 amide bonds. The van der Waals surface area contributed by atoms with Crippen molar-refractivity contribution in [1.82, 2.24) is 4.31 Å². The van der Waals surface area contributed by atoms with Crippen LogP contribution >= 0.6 is 11.6 Å². The molecule has 1 fully saturated rings. The van der Waals surface area contributed by atoms with Crippen LogP contribution in [0.3, 0.4) is 0 Å². The Morgan fingerprint density at radius 1 is 0.964 bits per heavy atom. The molecule has 1 aliphatic rings. The SMILES string of the molecule is Cc1ccc(N2CCN(S(=O)(=O)c3cc(C(F)(F)F)ccc3Cl)CC2)c(C)c1. The van der Waals surface area contributed by atoms with E-state index in [1.807, 2.05) is 26.0 Å². The molecule has 0 radical (unpaired) electrons. The number of sulfonamides is 1. The number of hydrogen-bond acceptors (Lipinski definition) is 3. The van der Waals surface area contributed by atoms with E-state index in [-0.39, 0.29) is 18.1 Å². The van der Waals surface area contributed by atoms with Gasteiger partial charge in [0, 0.05) is 31.9 Å². The summed E-state index contributed by atoms with van der Waals surface area (Å²) in [7, 11) is -4.12. The van der Waals surface area contributed by atoms with Crippen molar-refractivity contribution in [3.05, 3.63) is 58.1 Å². The first kappa shape index (κ1) is 21.0. The fraction of sp³-hybridized carbons (Fsp3) is 0.368. The van der Waals surface area contributed by atoms with Gasteiger partial charge in [-0.05, 0) is 43.7 Å². The standard InChI is InChI=1S/C19H20ClF3N2O2S/c1-13-3-6-17(14(2)11-13)24-7-9-25(10-8-24)28(26,27)18-12-15(19(21,22)23)4-5-16(18)20/h3-6,11-12H,7-10H2,1-2H3. The van der Waals surface area contributed by atoms with Crippen molar-refractivity contribution in [2.24, 2.45) is 0 Å². The van der Waals surface area contributed by atoms with Crippen LogP contribution in [-0.2, 0) is 16.2 Å². The van der Waals surface area contributed by atoms with Gasteiger partial charge in [-0.2, -0.15) is 17.5 Å². The molecule has 4 nitrogen and oxygen atoms in total. The molecular weight excluding hydrogens is 413 g/mol. The molecule has 0 atom stereocenters. The lowest BCUT2D eigenvalue weighted by atomic mass is 10.1. The molecule has 0 saturated carbocycles. The first-order chi connectivity index (χ1) is 13.0. The van der Waals surface area contributed by atoms with Gasteiger partial charge in [-0.25, -0.2) is 8.42 Å². The molecule has 152 valence electrons. The highest BCUT2D eigenvalue weighted by Crippen LogP contribution is 2.35. The van der Waals surface area contributed by atoms with Crippen molar-refractivity contribution in [1.29, 1.82) is 0 Å². The van der Waals surface area contributed by atoms with Gasteiger partial charge in [0.2, 0.25) is 10.0 Å². The maximum absolute atomic E-state index is 13.0. The lowest BCUT2D eigenvalue weighted by molar-refractivity contribution is -0.137. The van der Waals surface area contributed by atoms with Crippen LogP contribution in [0, 0.1) is 13.8 Å².